The molecule has 1 aromatic heterocycles. The lowest BCUT2D eigenvalue weighted by Crippen LogP contribution is -2.29. The number of rotatable bonds is 3. The van der Waals surface area contributed by atoms with Crippen molar-refractivity contribution in [3.8, 4) is 0 Å². The Morgan fingerprint density at radius 3 is 2.70 bits per heavy atom. The molecule has 20 heavy (non-hydrogen) atoms. The van der Waals surface area contributed by atoms with Crippen molar-refractivity contribution in [2.45, 2.75) is 38.0 Å². The molecule has 1 aromatic carbocycles. The van der Waals surface area contributed by atoms with E-state index in [2.05, 4.69) is 0 Å². The first-order chi connectivity index (χ1) is 9.55. The fourth-order valence-corrected chi connectivity index (χ4v) is 3.83. The van der Waals surface area contributed by atoms with Crippen LogP contribution in [0.1, 0.15) is 31.2 Å². The van der Waals surface area contributed by atoms with Crippen molar-refractivity contribution in [3.05, 3.63) is 35.2 Å². The van der Waals surface area contributed by atoms with Crippen molar-refractivity contribution in [2.75, 3.05) is 0 Å². The van der Waals surface area contributed by atoms with Crippen molar-refractivity contribution in [1.29, 1.82) is 0 Å². The van der Waals surface area contributed by atoms with Crippen molar-refractivity contribution < 1.29 is 13.6 Å². The Morgan fingerprint density at radius 2 is 1.95 bits per heavy atom. The number of hydrogen-bond donors (Lipinski definition) is 0. The molecule has 1 saturated carbocycles. The van der Waals surface area contributed by atoms with Crippen LogP contribution in [-0.4, -0.2) is 11.7 Å². The molecule has 1 aliphatic carbocycles. The second-order valence-corrected chi connectivity index (χ2v) is 6.44. The maximum Gasteiger partial charge on any atom is 0.248 e. The second-order valence-electron chi connectivity index (χ2n) is 5.53. The van der Waals surface area contributed by atoms with Gasteiger partial charge in [-0.3, -0.25) is 4.79 Å². The summed E-state index contributed by atoms with van der Waals surface area (Å²) < 4.78 is 27.4. The number of thiophene rings is 1. The van der Waals surface area contributed by atoms with Gasteiger partial charge < -0.3 is 0 Å². The van der Waals surface area contributed by atoms with Gasteiger partial charge in [0, 0.05) is 29.9 Å². The molecule has 0 bridgehead atoms. The number of alkyl halides is 2. The predicted octanol–water partition coefficient (Wildman–Crippen LogP) is 4.84. The zero-order valence-corrected chi connectivity index (χ0v) is 11.9. The number of hydrogen-bond acceptors (Lipinski definition) is 2. The minimum Gasteiger partial charge on any atom is -0.299 e. The number of fused-ring (bicyclic) bond motifs is 1. The van der Waals surface area contributed by atoms with Gasteiger partial charge in [0.1, 0.15) is 5.78 Å². The van der Waals surface area contributed by atoms with Gasteiger partial charge in [-0.2, -0.15) is 0 Å². The van der Waals surface area contributed by atoms with Gasteiger partial charge in [-0.1, -0.05) is 18.2 Å². The topological polar surface area (TPSA) is 17.1 Å². The Kier molecular flexibility index (Phi) is 3.59. The van der Waals surface area contributed by atoms with Crippen molar-refractivity contribution in [1.82, 2.24) is 0 Å². The van der Waals surface area contributed by atoms with Gasteiger partial charge in [0.15, 0.2) is 0 Å². The number of halogens is 2. The molecular formula is C16H16F2OS. The van der Waals surface area contributed by atoms with Crippen molar-refractivity contribution >= 4 is 27.2 Å². The SMILES string of the molecule is O=C(Cc1csc2ccccc12)C1CCC(F)(F)CC1. The molecule has 1 nitrogen and oxygen atoms in total. The summed E-state index contributed by atoms with van der Waals surface area (Å²) in [6, 6.07) is 8.00. The lowest BCUT2D eigenvalue weighted by atomic mass is 9.82. The molecule has 0 unspecified atom stereocenters. The quantitative estimate of drug-likeness (QED) is 0.791. The Balaban J connectivity index is 1.70. The summed E-state index contributed by atoms with van der Waals surface area (Å²) in [6.07, 6.45) is 0.740. The van der Waals surface area contributed by atoms with Gasteiger partial charge in [0.25, 0.3) is 0 Å². The molecule has 1 heterocycles. The monoisotopic (exact) mass is 294 g/mol. The van der Waals surface area contributed by atoms with Crippen LogP contribution in [0.3, 0.4) is 0 Å². The second kappa shape index (κ2) is 5.24. The smallest absolute Gasteiger partial charge is 0.248 e. The molecule has 1 aliphatic rings. The van der Waals surface area contributed by atoms with E-state index in [1.165, 1.54) is 4.70 Å². The molecule has 4 heteroatoms. The summed E-state index contributed by atoms with van der Waals surface area (Å²) in [6.45, 7) is 0. The molecule has 0 atom stereocenters. The maximum atomic E-state index is 13.1. The molecule has 0 amide bonds. The van der Waals surface area contributed by atoms with Crippen molar-refractivity contribution in [2.24, 2.45) is 5.92 Å². The molecule has 0 aliphatic heterocycles. The Labute approximate surface area is 120 Å². The Morgan fingerprint density at radius 1 is 1.25 bits per heavy atom. The van der Waals surface area contributed by atoms with E-state index in [9.17, 15) is 13.6 Å². The molecule has 0 radical (unpaired) electrons. The normalized spacial score (nSPS) is 19.3. The van der Waals surface area contributed by atoms with Crippen LogP contribution in [0, 0.1) is 5.92 Å². The molecule has 0 saturated heterocycles. The van der Waals surface area contributed by atoms with Crippen LogP contribution in [0.2, 0.25) is 0 Å². The van der Waals surface area contributed by atoms with Crippen LogP contribution in [0.5, 0.6) is 0 Å². The van der Waals surface area contributed by atoms with Gasteiger partial charge in [0.2, 0.25) is 5.92 Å². The zero-order chi connectivity index (χ0) is 14.2. The van der Waals surface area contributed by atoms with Crippen LogP contribution in [0.15, 0.2) is 29.6 Å². The number of Topliss-reactive ketones (excluding diaryl/α,β-unsaturated/α-hetero) is 1. The minimum atomic E-state index is -2.56. The van der Waals surface area contributed by atoms with Gasteiger partial charge in [-0.15, -0.1) is 11.3 Å². The van der Waals surface area contributed by atoms with Gasteiger partial charge in [-0.05, 0) is 35.2 Å². The van der Waals surface area contributed by atoms with E-state index in [0.29, 0.717) is 19.3 Å². The summed E-state index contributed by atoms with van der Waals surface area (Å²) in [4.78, 5) is 12.3. The molecule has 0 N–H and O–H groups in total. The van der Waals surface area contributed by atoms with Crippen LogP contribution in [-0.2, 0) is 11.2 Å². The third-order valence-corrected chi connectivity index (χ3v) is 5.11. The minimum absolute atomic E-state index is 0.115. The zero-order valence-electron chi connectivity index (χ0n) is 11.1. The highest BCUT2D eigenvalue weighted by molar-refractivity contribution is 7.17. The highest BCUT2D eigenvalue weighted by atomic mass is 32.1. The third-order valence-electron chi connectivity index (χ3n) is 4.10. The Bertz CT molecular complexity index is 622. The highest BCUT2D eigenvalue weighted by Gasteiger charge is 2.37. The van der Waals surface area contributed by atoms with Crippen LogP contribution in [0.25, 0.3) is 10.1 Å². The standard InChI is InChI=1S/C16H16F2OS/c17-16(18)7-5-11(6-8-16)14(19)9-12-10-20-15-4-2-1-3-13(12)15/h1-4,10-11H,5-9H2. The lowest BCUT2D eigenvalue weighted by Gasteiger charge is -2.27. The number of benzene rings is 1. The molecule has 2 aromatic rings. The lowest BCUT2D eigenvalue weighted by molar-refractivity contribution is -0.126. The van der Waals surface area contributed by atoms with E-state index in [0.717, 1.165) is 10.9 Å². The average Bonchev–Trinajstić information content (AvgIpc) is 2.82. The Hall–Kier alpha value is -1.29. The third kappa shape index (κ3) is 2.75. The van der Waals surface area contributed by atoms with Gasteiger partial charge in [-0.25, -0.2) is 8.78 Å². The first-order valence-electron chi connectivity index (χ1n) is 6.91. The van der Waals surface area contributed by atoms with E-state index in [4.69, 9.17) is 0 Å². The van der Waals surface area contributed by atoms with Crippen LogP contribution >= 0.6 is 11.3 Å². The van der Waals surface area contributed by atoms with Crippen LogP contribution < -0.4 is 0 Å². The molecule has 1 fully saturated rings. The highest BCUT2D eigenvalue weighted by Crippen LogP contribution is 2.37. The first kappa shape index (κ1) is 13.7. The molecule has 106 valence electrons. The summed E-state index contributed by atoms with van der Waals surface area (Å²) in [5, 5.41) is 3.13. The van der Waals surface area contributed by atoms with Gasteiger partial charge in [0.05, 0.1) is 0 Å². The predicted molar refractivity (Wildman–Crippen MR) is 77.4 cm³/mol. The summed E-state index contributed by atoms with van der Waals surface area (Å²) in [5.74, 6) is -2.64. The molecular weight excluding hydrogens is 278 g/mol. The van der Waals surface area contributed by atoms with E-state index < -0.39 is 5.92 Å². The number of carbonyl (C=O) groups is 1. The van der Waals surface area contributed by atoms with Crippen LogP contribution in [0.4, 0.5) is 8.78 Å². The summed E-state index contributed by atoms with van der Waals surface area (Å²) in [5.41, 5.74) is 1.04. The fraction of sp³-hybridized carbons (Fsp3) is 0.438. The maximum absolute atomic E-state index is 13.1. The van der Waals surface area contributed by atoms with E-state index >= 15 is 0 Å². The summed E-state index contributed by atoms with van der Waals surface area (Å²) >= 11 is 1.63. The largest absolute Gasteiger partial charge is 0.299 e. The number of carbonyl (C=O) groups excluding carboxylic acids is 1. The molecule has 0 spiro atoms. The van der Waals surface area contributed by atoms with Crippen molar-refractivity contribution in [3.63, 3.8) is 0 Å². The summed E-state index contributed by atoms with van der Waals surface area (Å²) in [7, 11) is 0. The first-order valence-corrected chi connectivity index (χ1v) is 7.79. The number of ketones is 1. The fourth-order valence-electron chi connectivity index (χ4n) is 2.86. The van der Waals surface area contributed by atoms with E-state index in [1.54, 1.807) is 11.3 Å². The van der Waals surface area contributed by atoms with E-state index in [1.807, 2.05) is 29.6 Å². The molecule has 3 rings (SSSR count). The average molecular weight is 294 g/mol. The van der Waals surface area contributed by atoms with Gasteiger partial charge >= 0.3 is 0 Å². The van der Waals surface area contributed by atoms with E-state index in [-0.39, 0.29) is 24.5 Å².